The molecule has 1 unspecified atom stereocenters. The number of fused-ring (bicyclic) bond motifs is 3. The van der Waals surface area contributed by atoms with Crippen LogP contribution >= 0.6 is 0 Å². The van der Waals surface area contributed by atoms with Gasteiger partial charge < -0.3 is 18.3 Å². The van der Waals surface area contributed by atoms with Crippen LogP contribution in [0.1, 0.15) is 57.1 Å². The average Bonchev–Trinajstić information content (AvgIpc) is 3.60. The molecule has 0 amide bonds. The molecule has 35 heavy (non-hydrogen) atoms. The van der Waals surface area contributed by atoms with Crippen LogP contribution in [0, 0.1) is 0 Å². The minimum atomic E-state index is -0.498. The Labute approximate surface area is 199 Å². The molecule has 172 valence electrons. The molecule has 2 aromatic heterocycles. The lowest BCUT2D eigenvalue weighted by molar-refractivity contribution is -0.135. The van der Waals surface area contributed by atoms with E-state index in [1.54, 1.807) is 42.5 Å². The quantitative estimate of drug-likeness (QED) is 0.162. The van der Waals surface area contributed by atoms with E-state index < -0.39 is 11.9 Å². The summed E-state index contributed by atoms with van der Waals surface area (Å²) in [6.07, 6.45) is 3.08. The molecule has 0 bridgehead atoms. The van der Waals surface area contributed by atoms with Gasteiger partial charge in [0.15, 0.2) is 11.5 Å². The Hall–Kier alpha value is -4.65. The second kappa shape index (κ2) is 7.99. The molecule has 6 rings (SSSR count). The van der Waals surface area contributed by atoms with Crippen LogP contribution in [0.25, 0.3) is 17.4 Å². The van der Waals surface area contributed by atoms with E-state index in [-0.39, 0.29) is 23.7 Å². The van der Waals surface area contributed by atoms with Crippen molar-refractivity contribution in [1.82, 2.24) is 0 Å². The molecule has 2 aliphatic heterocycles. The normalized spacial score (nSPS) is 17.6. The van der Waals surface area contributed by atoms with Crippen molar-refractivity contribution in [3.63, 3.8) is 0 Å². The first-order valence-electron chi connectivity index (χ1n) is 11.0. The zero-order valence-corrected chi connectivity index (χ0v) is 18.6. The molecule has 2 aliphatic rings. The fraction of sp³-hybridized carbons (Fsp3) is 0.107. The zero-order chi connectivity index (χ0) is 24.1. The molecule has 0 aliphatic carbocycles. The third kappa shape index (κ3) is 3.58. The number of Topliss-reactive ketones (excluding diaryl/α,β-unsaturated/α-hetero) is 2. The molecule has 4 aromatic rings. The van der Waals surface area contributed by atoms with Crippen LogP contribution in [-0.4, -0.2) is 17.5 Å². The predicted octanol–water partition coefficient (Wildman–Crippen LogP) is 5.80. The Morgan fingerprint density at radius 1 is 0.971 bits per heavy atom. The van der Waals surface area contributed by atoms with E-state index in [0.29, 0.717) is 45.5 Å². The summed E-state index contributed by atoms with van der Waals surface area (Å²) >= 11 is 0. The number of esters is 1. The predicted molar refractivity (Wildman–Crippen MR) is 124 cm³/mol. The first-order chi connectivity index (χ1) is 17.0. The summed E-state index contributed by atoms with van der Waals surface area (Å²) in [5.74, 6) is 1.25. The molecule has 0 saturated heterocycles. The molecule has 0 saturated carbocycles. The summed E-state index contributed by atoms with van der Waals surface area (Å²) in [5.41, 5.74) is 2.38. The number of rotatable bonds is 4. The molecule has 2 aromatic carbocycles. The number of hydrogen-bond acceptors (Lipinski definition) is 7. The van der Waals surface area contributed by atoms with Gasteiger partial charge in [0.05, 0.1) is 24.2 Å². The summed E-state index contributed by atoms with van der Waals surface area (Å²) < 4.78 is 22.9. The number of carbonyl (C=O) groups is 3. The maximum absolute atomic E-state index is 13.0. The van der Waals surface area contributed by atoms with Crippen molar-refractivity contribution in [2.24, 2.45) is 0 Å². The second-order valence-corrected chi connectivity index (χ2v) is 8.38. The van der Waals surface area contributed by atoms with E-state index in [1.807, 2.05) is 18.2 Å². The molecule has 0 N–H and O–H groups in total. The van der Waals surface area contributed by atoms with Gasteiger partial charge in [-0.15, -0.1) is 0 Å². The molecule has 0 fully saturated rings. The van der Waals surface area contributed by atoms with Crippen molar-refractivity contribution in [2.75, 3.05) is 0 Å². The van der Waals surface area contributed by atoms with Gasteiger partial charge in [0.25, 0.3) is 0 Å². The van der Waals surface area contributed by atoms with Crippen molar-refractivity contribution < 1.29 is 32.7 Å². The van der Waals surface area contributed by atoms with Gasteiger partial charge in [-0.1, -0.05) is 24.3 Å². The van der Waals surface area contributed by atoms with Crippen LogP contribution in [0.5, 0.6) is 11.5 Å². The standard InChI is InChI=1S/C28H18O7/c1-15(29)16-4-6-17(7-5-16)21-10-11-22(33-21)20-14-25(30)34-23-9-8-19-27(31)24(35-28(19)26(20)23)13-18-3-2-12-32-18/h2-13,20H,14H2,1H3. The average molecular weight is 466 g/mol. The minimum absolute atomic E-state index is 0.0159. The van der Waals surface area contributed by atoms with Crippen molar-refractivity contribution in [2.45, 2.75) is 19.3 Å². The Bertz CT molecular complexity index is 1520. The molecule has 4 heterocycles. The lowest BCUT2D eigenvalue weighted by Gasteiger charge is -2.24. The lowest BCUT2D eigenvalue weighted by Crippen LogP contribution is -2.21. The summed E-state index contributed by atoms with van der Waals surface area (Å²) in [5, 5.41) is 0. The van der Waals surface area contributed by atoms with Crippen LogP contribution < -0.4 is 9.47 Å². The Kier molecular flexibility index (Phi) is 4.77. The van der Waals surface area contributed by atoms with Gasteiger partial charge in [-0.3, -0.25) is 14.4 Å². The topological polar surface area (TPSA) is 96.0 Å². The van der Waals surface area contributed by atoms with Crippen molar-refractivity contribution in [1.29, 1.82) is 0 Å². The van der Waals surface area contributed by atoms with Crippen LogP contribution in [0.3, 0.4) is 0 Å². The minimum Gasteiger partial charge on any atom is -0.465 e. The maximum atomic E-state index is 13.0. The largest absolute Gasteiger partial charge is 0.465 e. The fourth-order valence-corrected chi connectivity index (χ4v) is 4.42. The molecule has 7 nitrogen and oxygen atoms in total. The third-order valence-corrected chi connectivity index (χ3v) is 6.14. The highest BCUT2D eigenvalue weighted by Gasteiger charge is 2.39. The van der Waals surface area contributed by atoms with E-state index in [2.05, 4.69) is 0 Å². The van der Waals surface area contributed by atoms with Gasteiger partial charge in [0, 0.05) is 22.8 Å². The first kappa shape index (κ1) is 20.9. The molecule has 7 heteroatoms. The number of furan rings is 2. The van der Waals surface area contributed by atoms with Crippen LogP contribution in [0.15, 0.2) is 81.5 Å². The van der Waals surface area contributed by atoms with E-state index in [4.69, 9.17) is 18.3 Å². The van der Waals surface area contributed by atoms with Gasteiger partial charge in [0.2, 0.25) is 5.78 Å². The molecule has 0 radical (unpaired) electrons. The highest BCUT2D eigenvalue weighted by atomic mass is 16.5. The van der Waals surface area contributed by atoms with Gasteiger partial charge in [-0.25, -0.2) is 0 Å². The van der Waals surface area contributed by atoms with E-state index in [9.17, 15) is 14.4 Å². The Morgan fingerprint density at radius 3 is 2.54 bits per heavy atom. The van der Waals surface area contributed by atoms with Crippen LogP contribution in [-0.2, 0) is 4.79 Å². The maximum Gasteiger partial charge on any atom is 0.312 e. The number of allylic oxidation sites excluding steroid dienone is 1. The summed E-state index contributed by atoms with van der Waals surface area (Å²) in [6.45, 7) is 1.51. The lowest BCUT2D eigenvalue weighted by atomic mass is 9.88. The highest BCUT2D eigenvalue weighted by Crippen LogP contribution is 2.49. The van der Waals surface area contributed by atoms with Gasteiger partial charge in [0.1, 0.15) is 28.8 Å². The van der Waals surface area contributed by atoms with E-state index >= 15 is 0 Å². The summed E-state index contributed by atoms with van der Waals surface area (Å²) in [6, 6.07) is 17.4. The van der Waals surface area contributed by atoms with Gasteiger partial charge in [-0.05, 0) is 43.3 Å². The smallest absolute Gasteiger partial charge is 0.312 e. The van der Waals surface area contributed by atoms with E-state index in [1.165, 1.54) is 19.3 Å². The van der Waals surface area contributed by atoms with E-state index in [0.717, 1.165) is 5.56 Å². The molecular formula is C28H18O7. The third-order valence-electron chi connectivity index (χ3n) is 6.14. The van der Waals surface area contributed by atoms with Crippen LogP contribution in [0.4, 0.5) is 0 Å². The molecule has 1 atom stereocenters. The van der Waals surface area contributed by atoms with Crippen molar-refractivity contribution in [3.8, 4) is 22.8 Å². The molecular weight excluding hydrogens is 448 g/mol. The number of hydrogen-bond donors (Lipinski definition) is 0. The summed E-state index contributed by atoms with van der Waals surface area (Å²) in [4.78, 5) is 37.0. The summed E-state index contributed by atoms with van der Waals surface area (Å²) in [7, 11) is 0. The van der Waals surface area contributed by atoms with Crippen molar-refractivity contribution in [3.05, 3.63) is 101 Å². The van der Waals surface area contributed by atoms with Gasteiger partial charge >= 0.3 is 5.97 Å². The SMILES string of the molecule is CC(=O)c1ccc(-c2ccc(C3CC(=O)Oc4ccc5c(c43)OC(=Cc3ccco3)C5=O)o2)cc1. The second-order valence-electron chi connectivity index (χ2n) is 8.38. The Balaban J connectivity index is 1.39. The zero-order valence-electron chi connectivity index (χ0n) is 18.6. The number of ketones is 2. The molecule has 0 spiro atoms. The number of ether oxygens (including phenoxy) is 2. The fourth-order valence-electron chi connectivity index (χ4n) is 4.42. The highest BCUT2D eigenvalue weighted by molar-refractivity contribution is 6.15. The van der Waals surface area contributed by atoms with Gasteiger partial charge in [-0.2, -0.15) is 0 Å². The Morgan fingerprint density at radius 2 is 1.80 bits per heavy atom. The monoisotopic (exact) mass is 466 g/mol. The number of carbonyl (C=O) groups excluding carboxylic acids is 3. The first-order valence-corrected chi connectivity index (χ1v) is 11.0. The van der Waals surface area contributed by atoms with Crippen LogP contribution in [0.2, 0.25) is 0 Å². The van der Waals surface area contributed by atoms with Crippen molar-refractivity contribution >= 4 is 23.6 Å². The number of benzene rings is 2.